The van der Waals surface area contributed by atoms with Gasteiger partial charge in [0.15, 0.2) is 5.82 Å². The highest BCUT2D eigenvalue weighted by Crippen LogP contribution is 2.43. The highest BCUT2D eigenvalue weighted by Gasteiger charge is 2.41. The predicted molar refractivity (Wildman–Crippen MR) is 62.7 cm³/mol. The summed E-state index contributed by atoms with van der Waals surface area (Å²) in [4.78, 5) is 4.20. The van der Waals surface area contributed by atoms with Crippen LogP contribution in [0.15, 0.2) is 4.52 Å². The predicted octanol–water partition coefficient (Wildman–Crippen LogP) is 2.51. The number of halogens is 2. The van der Waals surface area contributed by atoms with Gasteiger partial charge in [0, 0.05) is 37.8 Å². The van der Waals surface area contributed by atoms with Gasteiger partial charge in [0.25, 0.3) is 0 Å². The van der Waals surface area contributed by atoms with Gasteiger partial charge in [-0.15, -0.1) is 0 Å². The van der Waals surface area contributed by atoms with Crippen LogP contribution >= 0.6 is 0 Å². The molecule has 1 aromatic rings. The van der Waals surface area contributed by atoms with Gasteiger partial charge in [-0.1, -0.05) is 19.0 Å². The summed E-state index contributed by atoms with van der Waals surface area (Å²) in [6, 6.07) is 0.404. The van der Waals surface area contributed by atoms with Crippen LogP contribution in [0.2, 0.25) is 0 Å². The molecule has 2 rings (SSSR count). The van der Waals surface area contributed by atoms with Crippen molar-refractivity contribution in [1.29, 1.82) is 0 Å². The molecule has 0 aliphatic heterocycles. The monoisotopic (exact) mass is 259 g/mol. The van der Waals surface area contributed by atoms with Gasteiger partial charge in [0.2, 0.25) is 11.8 Å². The largest absolute Gasteiger partial charge is 0.339 e. The third kappa shape index (κ3) is 3.48. The van der Waals surface area contributed by atoms with Gasteiger partial charge in [-0.05, 0) is 6.42 Å². The maximum Gasteiger partial charge on any atom is 0.248 e. The standard InChI is InChI=1S/C12H19F2N3O/c1-8(2)15-6-4-10-16-11(17-18-10)9-3-5-12(13,14)7-9/h8-9,15H,3-7H2,1-2H3. The molecule has 0 spiro atoms. The van der Waals surface area contributed by atoms with Crippen molar-refractivity contribution in [3.05, 3.63) is 11.7 Å². The Balaban J connectivity index is 1.87. The fourth-order valence-corrected chi connectivity index (χ4v) is 2.17. The maximum atomic E-state index is 13.1. The van der Waals surface area contributed by atoms with E-state index in [1.54, 1.807) is 0 Å². The Hall–Kier alpha value is -1.04. The van der Waals surface area contributed by atoms with Crippen LogP contribution in [0.4, 0.5) is 8.78 Å². The summed E-state index contributed by atoms with van der Waals surface area (Å²) in [5.74, 6) is -1.86. The van der Waals surface area contributed by atoms with E-state index in [4.69, 9.17) is 4.52 Å². The first-order valence-corrected chi connectivity index (χ1v) is 6.40. The summed E-state index contributed by atoms with van der Waals surface area (Å²) >= 11 is 0. The minimum atomic E-state index is -2.56. The molecule has 1 aliphatic carbocycles. The Kier molecular flexibility index (Phi) is 3.94. The average molecular weight is 259 g/mol. The SMILES string of the molecule is CC(C)NCCc1nc(C2CCC(F)(F)C2)no1. The second-order valence-corrected chi connectivity index (χ2v) is 5.20. The second-order valence-electron chi connectivity index (χ2n) is 5.20. The number of nitrogens with one attached hydrogen (secondary N) is 1. The molecule has 4 nitrogen and oxygen atoms in total. The van der Waals surface area contributed by atoms with Gasteiger partial charge in [-0.25, -0.2) is 8.78 Å². The number of rotatable bonds is 5. The lowest BCUT2D eigenvalue weighted by Gasteiger charge is -2.06. The third-order valence-electron chi connectivity index (χ3n) is 3.14. The Morgan fingerprint density at radius 1 is 1.50 bits per heavy atom. The highest BCUT2D eigenvalue weighted by molar-refractivity contribution is 5.02. The lowest BCUT2D eigenvalue weighted by molar-refractivity contribution is 0.00749. The maximum absolute atomic E-state index is 13.1. The molecule has 18 heavy (non-hydrogen) atoms. The molecule has 0 amide bonds. The van der Waals surface area contributed by atoms with Crippen molar-refractivity contribution in [3.63, 3.8) is 0 Å². The molecule has 1 aromatic heterocycles. The van der Waals surface area contributed by atoms with Crippen molar-refractivity contribution in [2.45, 2.75) is 57.4 Å². The van der Waals surface area contributed by atoms with Gasteiger partial charge in [-0.2, -0.15) is 4.98 Å². The van der Waals surface area contributed by atoms with Crippen LogP contribution in [-0.2, 0) is 6.42 Å². The first-order valence-electron chi connectivity index (χ1n) is 6.40. The Morgan fingerprint density at radius 3 is 2.89 bits per heavy atom. The molecule has 1 heterocycles. The molecule has 1 fully saturated rings. The molecule has 0 bridgehead atoms. The van der Waals surface area contributed by atoms with Crippen LogP contribution in [0.5, 0.6) is 0 Å². The topological polar surface area (TPSA) is 51.0 Å². The number of hydrogen-bond acceptors (Lipinski definition) is 4. The number of nitrogens with zero attached hydrogens (tertiary/aromatic N) is 2. The minimum Gasteiger partial charge on any atom is -0.339 e. The van der Waals surface area contributed by atoms with Gasteiger partial charge < -0.3 is 9.84 Å². The zero-order valence-corrected chi connectivity index (χ0v) is 10.7. The Bertz CT molecular complexity index is 392. The summed E-state index contributed by atoms with van der Waals surface area (Å²) in [5, 5.41) is 7.05. The lowest BCUT2D eigenvalue weighted by atomic mass is 10.1. The Morgan fingerprint density at radius 2 is 2.28 bits per heavy atom. The summed E-state index contributed by atoms with van der Waals surface area (Å²) in [7, 11) is 0. The van der Waals surface area contributed by atoms with Crippen LogP contribution in [0.1, 0.15) is 50.7 Å². The normalized spacial score (nSPS) is 22.8. The molecule has 102 valence electrons. The van der Waals surface area contributed by atoms with Crippen LogP contribution in [0.25, 0.3) is 0 Å². The highest BCUT2D eigenvalue weighted by atomic mass is 19.3. The van der Waals surface area contributed by atoms with Crippen LogP contribution < -0.4 is 5.32 Å². The first-order chi connectivity index (χ1) is 8.46. The summed E-state index contributed by atoms with van der Waals surface area (Å²) in [6.45, 7) is 4.86. The second kappa shape index (κ2) is 5.30. The van der Waals surface area contributed by atoms with E-state index in [0.717, 1.165) is 6.54 Å². The van der Waals surface area contributed by atoms with Gasteiger partial charge in [-0.3, -0.25) is 0 Å². The van der Waals surface area contributed by atoms with Crippen molar-refractivity contribution in [3.8, 4) is 0 Å². The van der Waals surface area contributed by atoms with Crippen molar-refractivity contribution in [1.82, 2.24) is 15.5 Å². The van der Waals surface area contributed by atoms with E-state index in [9.17, 15) is 8.78 Å². The average Bonchev–Trinajstić information content (AvgIpc) is 2.84. The van der Waals surface area contributed by atoms with E-state index in [1.165, 1.54) is 0 Å². The molecule has 1 aliphatic rings. The lowest BCUT2D eigenvalue weighted by Crippen LogP contribution is -2.25. The molecule has 6 heteroatoms. The van der Waals surface area contributed by atoms with Crippen LogP contribution in [-0.4, -0.2) is 28.6 Å². The molecule has 0 saturated heterocycles. The zero-order valence-electron chi connectivity index (χ0n) is 10.7. The zero-order chi connectivity index (χ0) is 13.2. The molecular weight excluding hydrogens is 240 g/mol. The molecule has 1 N–H and O–H groups in total. The van der Waals surface area contributed by atoms with E-state index < -0.39 is 5.92 Å². The first kappa shape index (κ1) is 13.4. The van der Waals surface area contributed by atoms with Gasteiger partial charge in [0.1, 0.15) is 0 Å². The fraction of sp³-hybridized carbons (Fsp3) is 0.833. The quantitative estimate of drug-likeness (QED) is 0.882. The molecule has 1 saturated carbocycles. The Labute approximate surface area is 105 Å². The fourth-order valence-electron chi connectivity index (χ4n) is 2.17. The minimum absolute atomic E-state index is 0.0730. The van der Waals surface area contributed by atoms with Crippen molar-refractivity contribution in [2.24, 2.45) is 0 Å². The van der Waals surface area contributed by atoms with Crippen molar-refractivity contribution < 1.29 is 13.3 Å². The summed E-state index contributed by atoms with van der Waals surface area (Å²) in [6.07, 6.45) is 0.844. The molecule has 0 radical (unpaired) electrons. The van der Waals surface area contributed by atoms with E-state index in [-0.39, 0.29) is 18.8 Å². The van der Waals surface area contributed by atoms with E-state index in [0.29, 0.717) is 30.6 Å². The molecule has 1 unspecified atom stereocenters. The van der Waals surface area contributed by atoms with Gasteiger partial charge in [0.05, 0.1) is 0 Å². The number of hydrogen-bond donors (Lipinski definition) is 1. The van der Waals surface area contributed by atoms with E-state index >= 15 is 0 Å². The smallest absolute Gasteiger partial charge is 0.248 e. The summed E-state index contributed by atoms with van der Waals surface area (Å²) < 4.78 is 31.2. The number of alkyl halides is 2. The van der Waals surface area contributed by atoms with E-state index in [1.807, 2.05) is 0 Å². The third-order valence-corrected chi connectivity index (χ3v) is 3.14. The molecular formula is C12H19F2N3O. The molecule has 1 atom stereocenters. The molecule has 0 aromatic carbocycles. The summed E-state index contributed by atoms with van der Waals surface area (Å²) in [5.41, 5.74) is 0. The number of aromatic nitrogens is 2. The van der Waals surface area contributed by atoms with Crippen molar-refractivity contribution in [2.75, 3.05) is 6.54 Å². The van der Waals surface area contributed by atoms with E-state index in [2.05, 4.69) is 29.3 Å². The van der Waals surface area contributed by atoms with Crippen LogP contribution in [0, 0.1) is 0 Å². The van der Waals surface area contributed by atoms with Gasteiger partial charge >= 0.3 is 0 Å². The van der Waals surface area contributed by atoms with Crippen LogP contribution in [0.3, 0.4) is 0 Å². The van der Waals surface area contributed by atoms with Crippen molar-refractivity contribution >= 4 is 0 Å².